The standard InChI is InChI=1S/C28H37N3O2.2C25H33N3O2.C22H27N3O2/c32-18-21-11-13-23-22(15-21)12-14-24-27(23)29-25(16-19-7-3-1-4-8-19)28(30-24)31-26(33)17-20-9-5-2-6-10-20;1-16(2)12-23(30)28-25-22(14-17-6-4-3-5-7-17)26-24-20-10-8-18(15-29)13-19(20)9-11-21(24)27-25;1-3-16(2)25(30)28-24-22(14-17-7-5-4-6-8-17)26-23-20-11-9-18(15-29)13-19(20)10-12-21(23)27-24;1-14(27)23-22-20(12-15-5-3-2-4-6-15)24-21-18-9-7-16(13-26)11-17(18)8-10-19(21)25-22/h11,13,15,19-20,32H,1-10,12,14,16-18H2,(H,30,31,33);8,10,13,16-17,29H,3-7,9,11-12,14-15H2,1-2H3,(H,27,28,30);9,11,13,16-17,29H,3-8,10,12,14-15H2,1-2H3,(H,27,28,30);7,9,11,15,26H,2-6,8,10,12-13H2,1H3,(H,23,25,27). The van der Waals surface area contributed by atoms with Gasteiger partial charge < -0.3 is 41.7 Å². The highest BCUT2D eigenvalue weighted by molar-refractivity contribution is 5.93. The normalized spacial score (nSPS) is 17.3. The Kier molecular flexibility index (Phi) is 30.6. The first-order valence-corrected chi connectivity index (χ1v) is 46.1. The van der Waals surface area contributed by atoms with Gasteiger partial charge in [-0.15, -0.1) is 0 Å². The average molecular weight is 1630 g/mol. The van der Waals surface area contributed by atoms with Crippen molar-refractivity contribution in [2.45, 2.75) is 318 Å². The van der Waals surface area contributed by atoms with Crippen LogP contribution in [0.4, 0.5) is 23.3 Å². The van der Waals surface area contributed by atoms with Gasteiger partial charge in [-0.2, -0.15) is 0 Å². The van der Waals surface area contributed by atoms with Crippen molar-refractivity contribution in [3.63, 3.8) is 0 Å². The molecule has 4 heterocycles. The van der Waals surface area contributed by atoms with E-state index in [9.17, 15) is 39.6 Å². The summed E-state index contributed by atoms with van der Waals surface area (Å²) in [7, 11) is 0. The Hall–Kier alpha value is -9.08. The van der Waals surface area contributed by atoms with E-state index in [2.05, 4.69) is 83.6 Å². The molecule has 8 aromatic rings. The Balaban J connectivity index is 0.000000131. The van der Waals surface area contributed by atoms with Crippen LogP contribution in [0.2, 0.25) is 0 Å². The Labute approximate surface area is 710 Å². The molecule has 20 heteroatoms. The molecule has 0 aliphatic heterocycles. The van der Waals surface area contributed by atoms with Crippen LogP contribution >= 0.6 is 0 Å². The molecule has 4 aromatic heterocycles. The van der Waals surface area contributed by atoms with Crippen molar-refractivity contribution >= 4 is 46.9 Å². The minimum absolute atomic E-state index is 0.0212. The van der Waals surface area contributed by atoms with E-state index in [4.69, 9.17) is 39.9 Å². The first-order chi connectivity index (χ1) is 58.4. The van der Waals surface area contributed by atoms with Crippen molar-refractivity contribution in [3.8, 4) is 45.0 Å². The van der Waals surface area contributed by atoms with Crippen molar-refractivity contribution in [1.82, 2.24) is 39.9 Å². The number of carbonyl (C=O) groups excluding carboxylic acids is 4. The number of nitrogens with one attached hydrogen (secondary N) is 4. The zero-order valence-corrected chi connectivity index (χ0v) is 72.1. The number of nitrogens with zero attached hydrogens (tertiary/aromatic N) is 8. The first-order valence-electron chi connectivity index (χ1n) is 46.1. The average Bonchev–Trinajstić information content (AvgIpc) is 0.788. The van der Waals surface area contributed by atoms with Crippen molar-refractivity contribution in [3.05, 3.63) is 163 Å². The number of carbonyl (C=O) groups is 4. The van der Waals surface area contributed by atoms with Crippen LogP contribution in [0.3, 0.4) is 0 Å². The molecule has 0 saturated heterocycles. The summed E-state index contributed by atoms with van der Waals surface area (Å²) in [6.07, 6.45) is 43.8. The van der Waals surface area contributed by atoms with Gasteiger partial charge in [0.1, 0.15) is 0 Å². The topological polar surface area (TPSA) is 300 Å². The summed E-state index contributed by atoms with van der Waals surface area (Å²) in [5.74, 6) is 6.00. The van der Waals surface area contributed by atoms with Crippen LogP contribution in [0, 0.1) is 41.4 Å². The zero-order valence-electron chi connectivity index (χ0n) is 72.1. The van der Waals surface area contributed by atoms with Crippen molar-refractivity contribution in [2.75, 3.05) is 21.3 Å². The first kappa shape index (κ1) is 87.3. The Morgan fingerprint density at radius 1 is 0.350 bits per heavy atom. The maximum Gasteiger partial charge on any atom is 0.228 e. The van der Waals surface area contributed by atoms with Gasteiger partial charge in [0.25, 0.3) is 0 Å². The minimum atomic E-state index is -0.0991. The second-order valence-corrected chi connectivity index (χ2v) is 36.6. The second-order valence-electron chi connectivity index (χ2n) is 36.6. The van der Waals surface area contributed by atoms with Crippen LogP contribution in [0.15, 0.2) is 72.8 Å². The fraction of sp³-hybridized carbons (Fsp3) is 0.560. The van der Waals surface area contributed by atoms with Crippen LogP contribution < -0.4 is 21.3 Å². The molecule has 17 rings (SSSR count). The molecule has 9 aliphatic carbocycles. The van der Waals surface area contributed by atoms with Gasteiger partial charge in [0.05, 0.1) is 94.8 Å². The Morgan fingerprint density at radius 2 is 0.625 bits per heavy atom. The summed E-state index contributed by atoms with van der Waals surface area (Å²) in [5, 5.41) is 50.2. The van der Waals surface area contributed by atoms with Crippen LogP contribution in [-0.2, 0) is 123 Å². The number of amides is 4. The second kappa shape index (κ2) is 42.1. The number of aliphatic hydroxyl groups excluding tert-OH is 4. The smallest absolute Gasteiger partial charge is 0.228 e. The molecule has 5 saturated carbocycles. The molecular weight excluding hydrogens is 1500 g/mol. The summed E-state index contributed by atoms with van der Waals surface area (Å²) in [5.41, 5.74) is 24.5. The molecule has 638 valence electrons. The van der Waals surface area contributed by atoms with Gasteiger partial charge in [0, 0.05) is 47.9 Å². The molecule has 120 heavy (non-hydrogen) atoms. The number of benzene rings is 4. The van der Waals surface area contributed by atoms with E-state index in [1.807, 2.05) is 38.1 Å². The van der Waals surface area contributed by atoms with Crippen LogP contribution in [-0.4, -0.2) is 83.9 Å². The SMILES string of the molecule is CC(=O)Nc1nc2c(nc1CC1CCCCC1)-c1ccc(CO)cc1CC2.CC(C)CC(=O)Nc1nc2c(nc1CC1CCCCC1)-c1ccc(CO)cc1CC2.CCC(C)C(=O)Nc1nc2c(nc1CC1CCCCC1)-c1ccc(CO)cc1CC2.O=C(CC1CCCCC1)Nc1nc2c(nc1CC1CCCCC1)-c1ccc(CO)cc1CC2. The Bertz CT molecular complexity index is 4890. The van der Waals surface area contributed by atoms with E-state index in [1.54, 1.807) is 0 Å². The molecule has 1 unspecified atom stereocenters. The lowest BCUT2D eigenvalue weighted by molar-refractivity contribution is -0.119. The summed E-state index contributed by atoms with van der Waals surface area (Å²) in [6.45, 7) is 9.85. The lowest BCUT2D eigenvalue weighted by Gasteiger charge is -2.25. The number of anilines is 4. The largest absolute Gasteiger partial charge is 0.392 e. The van der Waals surface area contributed by atoms with Crippen molar-refractivity contribution in [2.24, 2.45) is 41.4 Å². The number of aromatic nitrogens is 8. The van der Waals surface area contributed by atoms with Gasteiger partial charge in [-0.1, -0.05) is 248 Å². The molecule has 8 N–H and O–H groups in total. The van der Waals surface area contributed by atoms with Crippen molar-refractivity contribution in [1.29, 1.82) is 0 Å². The molecule has 0 radical (unpaired) electrons. The van der Waals surface area contributed by atoms with Gasteiger partial charge in [0.15, 0.2) is 23.3 Å². The fourth-order valence-electron chi connectivity index (χ4n) is 19.9. The molecule has 9 aliphatic rings. The summed E-state index contributed by atoms with van der Waals surface area (Å²) in [4.78, 5) is 89.8. The van der Waals surface area contributed by atoms with Crippen molar-refractivity contribution < 1.29 is 39.6 Å². The molecule has 0 bridgehead atoms. The lowest BCUT2D eigenvalue weighted by Crippen LogP contribution is -2.24. The molecular formula is C100H130N12O8. The van der Waals surface area contributed by atoms with Gasteiger partial charge >= 0.3 is 0 Å². The molecule has 5 fully saturated rings. The fourth-order valence-corrected chi connectivity index (χ4v) is 19.9. The summed E-state index contributed by atoms with van der Waals surface area (Å²) < 4.78 is 0. The lowest BCUT2D eigenvalue weighted by atomic mass is 9.85. The predicted octanol–water partition coefficient (Wildman–Crippen LogP) is 19.3. The highest BCUT2D eigenvalue weighted by Crippen LogP contribution is 2.42. The number of hydrogen-bond acceptors (Lipinski definition) is 16. The molecule has 0 spiro atoms. The predicted molar refractivity (Wildman–Crippen MR) is 475 cm³/mol. The van der Waals surface area contributed by atoms with Crippen LogP contribution in [0.25, 0.3) is 45.0 Å². The number of aliphatic hydroxyl groups is 4. The number of rotatable bonds is 22. The Morgan fingerprint density at radius 3 is 0.900 bits per heavy atom. The van der Waals surface area contributed by atoms with E-state index in [0.29, 0.717) is 71.6 Å². The van der Waals surface area contributed by atoms with Gasteiger partial charge in [-0.05, 0) is 176 Å². The van der Waals surface area contributed by atoms with Crippen LogP contribution in [0.5, 0.6) is 0 Å². The monoisotopic (exact) mass is 1630 g/mol. The third kappa shape index (κ3) is 22.6. The number of fused-ring (bicyclic) bond motifs is 12. The molecule has 4 amide bonds. The molecule has 20 nitrogen and oxygen atoms in total. The van der Waals surface area contributed by atoms with E-state index in [0.717, 1.165) is 196 Å². The zero-order chi connectivity index (χ0) is 83.6. The van der Waals surface area contributed by atoms with E-state index in [1.165, 1.54) is 190 Å². The highest BCUT2D eigenvalue weighted by atomic mass is 16.3. The van der Waals surface area contributed by atoms with Gasteiger partial charge in [-0.25, -0.2) is 39.9 Å². The van der Waals surface area contributed by atoms with E-state index >= 15 is 0 Å². The van der Waals surface area contributed by atoms with Gasteiger partial charge in [0.2, 0.25) is 23.6 Å². The highest BCUT2D eigenvalue weighted by Gasteiger charge is 2.32. The number of aryl methyl sites for hydroxylation is 8. The minimum Gasteiger partial charge on any atom is -0.392 e. The van der Waals surface area contributed by atoms with E-state index in [-0.39, 0.29) is 56.0 Å². The molecule has 1 atom stereocenters. The maximum atomic E-state index is 13.0. The summed E-state index contributed by atoms with van der Waals surface area (Å²) >= 11 is 0. The van der Waals surface area contributed by atoms with Crippen LogP contribution in [0.1, 0.15) is 304 Å². The van der Waals surface area contributed by atoms with Gasteiger partial charge in [-0.3, -0.25) is 19.2 Å². The number of hydrogen-bond donors (Lipinski definition) is 8. The third-order valence-electron chi connectivity index (χ3n) is 26.8. The maximum absolute atomic E-state index is 13.0. The van der Waals surface area contributed by atoms with E-state index < -0.39 is 0 Å². The quantitative estimate of drug-likeness (QED) is 0.0313. The summed E-state index contributed by atoms with van der Waals surface area (Å²) in [6, 6.07) is 24.5. The molecule has 4 aromatic carbocycles. The third-order valence-corrected chi connectivity index (χ3v) is 26.8.